The van der Waals surface area contributed by atoms with Gasteiger partial charge >= 0.3 is 12.0 Å². The Morgan fingerprint density at radius 1 is 1.37 bits per heavy atom. The number of carbonyl (C=O) groups is 2. The fraction of sp³-hybridized carbons (Fsp3) is 0.636. The Kier molecular flexibility index (Phi) is 4.47. The van der Waals surface area contributed by atoms with Crippen LogP contribution in [0.15, 0.2) is 6.33 Å². The molecule has 0 fully saturated rings. The number of carboxylic acids is 1. The molecule has 1 unspecified atom stereocenters. The molecular weight excluding hydrogens is 250 g/mol. The van der Waals surface area contributed by atoms with Gasteiger partial charge in [-0.05, 0) is 12.3 Å². The molecule has 8 heteroatoms. The summed E-state index contributed by atoms with van der Waals surface area (Å²) < 4.78 is 0. The quantitative estimate of drug-likeness (QED) is 0.640. The number of carbonyl (C=O) groups excluding carboxylic acids is 1. The second-order valence-corrected chi connectivity index (χ2v) is 5.35. The third kappa shape index (κ3) is 4.23. The molecule has 8 nitrogen and oxygen atoms in total. The third-order valence-electron chi connectivity index (χ3n) is 2.58. The summed E-state index contributed by atoms with van der Waals surface area (Å²) in [5.74, 6) is -0.576. The Hall–Kier alpha value is -2.12. The number of amides is 2. The molecule has 2 amide bonds. The van der Waals surface area contributed by atoms with Crippen molar-refractivity contribution >= 4 is 12.0 Å². The molecule has 0 aromatic carbocycles. The molecule has 106 valence electrons. The number of hydrogen-bond donors (Lipinski definition) is 4. The molecule has 1 heterocycles. The van der Waals surface area contributed by atoms with E-state index in [1.165, 1.54) is 6.33 Å². The van der Waals surface area contributed by atoms with Crippen LogP contribution in [0.2, 0.25) is 0 Å². The van der Waals surface area contributed by atoms with E-state index in [-0.39, 0.29) is 0 Å². The standard InChI is InChI=1S/C11H19N5O3/c1-6(8-12-5-13-16-8)14-10(19)15-7(9(17)18)11(2,3)4/h5-7H,1-4H3,(H,17,18)(H,12,13,16)(H2,14,15,19)/t6?,7-/m0/s1. The fourth-order valence-corrected chi connectivity index (χ4v) is 1.51. The molecule has 0 bridgehead atoms. The monoisotopic (exact) mass is 269 g/mol. The third-order valence-corrected chi connectivity index (χ3v) is 2.58. The summed E-state index contributed by atoms with van der Waals surface area (Å²) in [6.45, 7) is 6.94. The zero-order valence-corrected chi connectivity index (χ0v) is 11.4. The van der Waals surface area contributed by atoms with Crippen LogP contribution in [-0.2, 0) is 4.79 Å². The molecule has 0 aliphatic rings. The van der Waals surface area contributed by atoms with Gasteiger partial charge in [0.2, 0.25) is 0 Å². The molecule has 0 saturated carbocycles. The lowest BCUT2D eigenvalue weighted by molar-refractivity contribution is -0.141. The maximum atomic E-state index is 11.8. The zero-order valence-electron chi connectivity index (χ0n) is 11.4. The maximum absolute atomic E-state index is 11.8. The van der Waals surface area contributed by atoms with Crippen LogP contribution in [0, 0.1) is 5.41 Å². The molecule has 0 saturated heterocycles. The summed E-state index contributed by atoms with van der Waals surface area (Å²) >= 11 is 0. The first-order chi connectivity index (χ1) is 8.71. The number of aromatic amines is 1. The normalized spacial score (nSPS) is 14.5. The Bertz CT molecular complexity index is 438. The number of hydrogen-bond acceptors (Lipinski definition) is 4. The number of H-pyrrole nitrogens is 1. The molecule has 0 radical (unpaired) electrons. The highest BCUT2D eigenvalue weighted by Gasteiger charge is 2.32. The zero-order chi connectivity index (χ0) is 14.6. The molecule has 2 atom stereocenters. The lowest BCUT2D eigenvalue weighted by Gasteiger charge is -2.28. The van der Waals surface area contributed by atoms with E-state index in [2.05, 4.69) is 25.8 Å². The molecule has 4 N–H and O–H groups in total. The SMILES string of the molecule is CC(NC(=O)N[C@@H](C(=O)O)C(C)(C)C)c1ncn[nH]1. The van der Waals surface area contributed by atoms with Crippen LogP contribution >= 0.6 is 0 Å². The first kappa shape index (κ1) is 14.9. The highest BCUT2D eigenvalue weighted by molar-refractivity contribution is 5.83. The second-order valence-electron chi connectivity index (χ2n) is 5.35. The van der Waals surface area contributed by atoms with E-state index in [1.54, 1.807) is 27.7 Å². The molecule has 0 aliphatic carbocycles. The van der Waals surface area contributed by atoms with Crippen LogP contribution in [0.25, 0.3) is 0 Å². The topological polar surface area (TPSA) is 120 Å². The summed E-state index contributed by atoms with van der Waals surface area (Å²) in [4.78, 5) is 26.8. The lowest BCUT2D eigenvalue weighted by atomic mass is 9.87. The molecule has 0 aliphatic heterocycles. The first-order valence-electron chi connectivity index (χ1n) is 5.87. The predicted octanol–water partition coefficient (Wildman–Crippen LogP) is 0.664. The van der Waals surface area contributed by atoms with Gasteiger partial charge in [-0.15, -0.1) is 0 Å². The van der Waals surface area contributed by atoms with Crippen LogP contribution in [0.5, 0.6) is 0 Å². The highest BCUT2D eigenvalue weighted by Crippen LogP contribution is 2.19. The fourth-order valence-electron chi connectivity index (χ4n) is 1.51. The van der Waals surface area contributed by atoms with E-state index in [0.29, 0.717) is 5.82 Å². The van der Waals surface area contributed by atoms with Gasteiger partial charge in [0.15, 0.2) is 0 Å². The Labute approximate surface area is 111 Å². The minimum Gasteiger partial charge on any atom is -0.480 e. The minimum atomic E-state index is -1.07. The van der Waals surface area contributed by atoms with E-state index in [0.717, 1.165) is 0 Å². The van der Waals surface area contributed by atoms with Crippen molar-refractivity contribution in [3.8, 4) is 0 Å². The lowest BCUT2D eigenvalue weighted by Crippen LogP contribution is -2.52. The van der Waals surface area contributed by atoms with Crippen molar-refractivity contribution in [3.63, 3.8) is 0 Å². The minimum absolute atomic E-state index is 0.392. The number of aromatic nitrogens is 3. The van der Waals surface area contributed by atoms with Gasteiger partial charge in [0, 0.05) is 0 Å². The van der Waals surface area contributed by atoms with E-state index in [9.17, 15) is 9.59 Å². The van der Waals surface area contributed by atoms with Gasteiger partial charge in [0.1, 0.15) is 18.2 Å². The van der Waals surface area contributed by atoms with Crippen LogP contribution in [0.1, 0.15) is 39.6 Å². The van der Waals surface area contributed by atoms with Crippen molar-refractivity contribution in [3.05, 3.63) is 12.2 Å². The van der Waals surface area contributed by atoms with E-state index < -0.39 is 29.5 Å². The molecular formula is C11H19N5O3. The van der Waals surface area contributed by atoms with Crippen molar-refractivity contribution in [2.75, 3.05) is 0 Å². The summed E-state index contributed by atoms with van der Waals surface area (Å²) in [5, 5.41) is 20.4. The van der Waals surface area contributed by atoms with Crippen molar-refractivity contribution in [2.45, 2.75) is 39.8 Å². The average molecular weight is 269 g/mol. The summed E-state index contributed by atoms with van der Waals surface area (Å²) in [7, 11) is 0. The van der Waals surface area contributed by atoms with Gasteiger partial charge in [-0.1, -0.05) is 20.8 Å². The highest BCUT2D eigenvalue weighted by atomic mass is 16.4. The van der Waals surface area contributed by atoms with Gasteiger partial charge in [0.25, 0.3) is 0 Å². The largest absolute Gasteiger partial charge is 0.480 e. The van der Waals surface area contributed by atoms with Gasteiger partial charge in [0.05, 0.1) is 6.04 Å². The van der Waals surface area contributed by atoms with Crippen molar-refractivity contribution in [1.29, 1.82) is 0 Å². The van der Waals surface area contributed by atoms with Gasteiger partial charge < -0.3 is 15.7 Å². The van der Waals surface area contributed by atoms with E-state index >= 15 is 0 Å². The van der Waals surface area contributed by atoms with Gasteiger partial charge in [-0.25, -0.2) is 14.6 Å². The van der Waals surface area contributed by atoms with E-state index in [1.807, 2.05) is 0 Å². The van der Waals surface area contributed by atoms with Crippen LogP contribution in [0.3, 0.4) is 0 Å². The van der Waals surface area contributed by atoms with Crippen molar-refractivity contribution in [1.82, 2.24) is 25.8 Å². The summed E-state index contributed by atoms with van der Waals surface area (Å²) in [6.07, 6.45) is 1.33. The molecule has 1 aromatic rings. The number of nitrogens with zero attached hydrogens (tertiary/aromatic N) is 2. The van der Waals surface area contributed by atoms with Crippen molar-refractivity contribution in [2.24, 2.45) is 5.41 Å². The number of urea groups is 1. The Balaban J connectivity index is 2.61. The first-order valence-corrected chi connectivity index (χ1v) is 5.87. The second kappa shape index (κ2) is 5.68. The Morgan fingerprint density at radius 3 is 2.42 bits per heavy atom. The number of rotatable bonds is 4. The smallest absolute Gasteiger partial charge is 0.326 e. The van der Waals surface area contributed by atoms with Crippen molar-refractivity contribution < 1.29 is 14.7 Å². The van der Waals surface area contributed by atoms with Gasteiger partial charge in [-0.2, -0.15) is 5.10 Å². The predicted molar refractivity (Wildman–Crippen MR) is 67.3 cm³/mol. The molecule has 1 rings (SSSR count). The number of carboxylic acid groups (broad SMARTS) is 1. The van der Waals surface area contributed by atoms with Crippen LogP contribution in [0.4, 0.5) is 4.79 Å². The maximum Gasteiger partial charge on any atom is 0.326 e. The average Bonchev–Trinajstić information content (AvgIpc) is 2.77. The van der Waals surface area contributed by atoms with Gasteiger partial charge in [-0.3, -0.25) is 5.10 Å². The Morgan fingerprint density at radius 2 is 2.00 bits per heavy atom. The molecule has 0 spiro atoms. The molecule has 1 aromatic heterocycles. The number of aliphatic carboxylic acids is 1. The van der Waals surface area contributed by atoms with E-state index in [4.69, 9.17) is 5.11 Å². The molecule has 19 heavy (non-hydrogen) atoms. The van der Waals surface area contributed by atoms with Crippen LogP contribution in [-0.4, -0.2) is 38.3 Å². The summed E-state index contributed by atoms with van der Waals surface area (Å²) in [6, 6.07) is -1.93. The van der Waals surface area contributed by atoms with Crippen LogP contribution < -0.4 is 10.6 Å². The summed E-state index contributed by atoms with van der Waals surface area (Å²) in [5.41, 5.74) is -0.585. The number of nitrogens with one attached hydrogen (secondary N) is 3.